The van der Waals surface area contributed by atoms with Gasteiger partial charge in [0.25, 0.3) is 0 Å². The Morgan fingerprint density at radius 2 is 1.93 bits per heavy atom. The van der Waals surface area contributed by atoms with Crippen LogP contribution in [0.4, 0.5) is 0 Å². The summed E-state index contributed by atoms with van der Waals surface area (Å²) in [5.74, 6) is -1.79. The zero-order chi connectivity index (χ0) is 11.0. The number of rotatable bonds is 5. The SMILES string of the molecule is O=C(O)[C@H]1C[C@H]1C(=O)N(CCO)C1CC1. The summed E-state index contributed by atoms with van der Waals surface area (Å²) in [5, 5.41) is 17.5. The Hall–Kier alpha value is -1.10. The molecule has 0 spiro atoms. The second kappa shape index (κ2) is 3.81. The van der Waals surface area contributed by atoms with E-state index in [0.29, 0.717) is 13.0 Å². The molecule has 0 radical (unpaired) electrons. The zero-order valence-corrected chi connectivity index (χ0v) is 8.43. The zero-order valence-electron chi connectivity index (χ0n) is 8.43. The van der Waals surface area contributed by atoms with Crippen LogP contribution < -0.4 is 0 Å². The van der Waals surface area contributed by atoms with Crippen LogP contribution in [0.1, 0.15) is 19.3 Å². The van der Waals surface area contributed by atoms with Crippen LogP contribution in [0.25, 0.3) is 0 Å². The van der Waals surface area contributed by atoms with Crippen molar-refractivity contribution in [2.75, 3.05) is 13.2 Å². The van der Waals surface area contributed by atoms with Gasteiger partial charge in [-0.3, -0.25) is 9.59 Å². The largest absolute Gasteiger partial charge is 0.481 e. The van der Waals surface area contributed by atoms with E-state index in [2.05, 4.69) is 0 Å². The first kappa shape index (κ1) is 10.4. The Morgan fingerprint density at radius 3 is 2.33 bits per heavy atom. The van der Waals surface area contributed by atoms with Gasteiger partial charge in [0.2, 0.25) is 5.91 Å². The number of hydrogen-bond donors (Lipinski definition) is 2. The van der Waals surface area contributed by atoms with Crippen LogP contribution in [0.5, 0.6) is 0 Å². The standard InChI is InChI=1S/C10H15NO4/c12-4-3-11(6-1-2-6)9(13)7-5-8(7)10(14)15/h6-8,12H,1-5H2,(H,14,15)/t7-,8+/m1/s1. The van der Waals surface area contributed by atoms with Crippen LogP contribution in [0.15, 0.2) is 0 Å². The first-order valence-corrected chi connectivity index (χ1v) is 5.29. The normalized spacial score (nSPS) is 28.6. The Morgan fingerprint density at radius 1 is 1.27 bits per heavy atom. The molecule has 2 aliphatic carbocycles. The van der Waals surface area contributed by atoms with Crippen LogP contribution in [0.2, 0.25) is 0 Å². The van der Waals surface area contributed by atoms with Crippen molar-refractivity contribution in [3.63, 3.8) is 0 Å². The first-order chi connectivity index (χ1) is 7.15. The highest BCUT2D eigenvalue weighted by atomic mass is 16.4. The second-order valence-corrected chi connectivity index (χ2v) is 4.27. The Labute approximate surface area is 87.7 Å². The van der Waals surface area contributed by atoms with Gasteiger partial charge in [0.15, 0.2) is 0 Å². The number of carboxylic acid groups (broad SMARTS) is 1. The maximum atomic E-state index is 11.8. The molecule has 84 valence electrons. The Bertz CT molecular complexity index is 287. The molecule has 0 aromatic rings. The van der Waals surface area contributed by atoms with E-state index in [9.17, 15) is 9.59 Å². The third-order valence-corrected chi connectivity index (χ3v) is 3.04. The lowest BCUT2D eigenvalue weighted by Crippen LogP contribution is -2.37. The molecular formula is C10H15NO4. The highest BCUT2D eigenvalue weighted by Crippen LogP contribution is 2.42. The number of nitrogens with zero attached hydrogens (tertiary/aromatic N) is 1. The maximum Gasteiger partial charge on any atom is 0.307 e. The van der Waals surface area contributed by atoms with Crippen LogP contribution >= 0.6 is 0 Å². The van der Waals surface area contributed by atoms with E-state index in [1.165, 1.54) is 0 Å². The summed E-state index contributed by atoms with van der Waals surface area (Å²) in [7, 11) is 0. The fourth-order valence-corrected chi connectivity index (χ4v) is 1.92. The van der Waals surface area contributed by atoms with Gasteiger partial charge in [0.1, 0.15) is 0 Å². The molecule has 15 heavy (non-hydrogen) atoms. The quantitative estimate of drug-likeness (QED) is 0.656. The summed E-state index contributed by atoms with van der Waals surface area (Å²) in [6.07, 6.45) is 2.43. The first-order valence-electron chi connectivity index (χ1n) is 5.29. The van der Waals surface area contributed by atoms with Crippen molar-refractivity contribution in [2.45, 2.75) is 25.3 Å². The van der Waals surface area contributed by atoms with Gasteiger partial charge >= 0.3 is 5.97 Å². The number of amides is 1. The molecule has 2 fully saturated rings. The van der Waals surface area contributed by atoms with E-state index in [-0.39, 0.29) is 24.5 Å². The number of hydrogen-bond acceptors (Lipinski definition) is 3. The van der Waals surface area contributed by atoms with E-state index < -0.39 is 11.9 Å². The summed E-state index contributed by atoms with van der Waals surface area (Å²) in [6.45, 7) is 0.291. The molecule has 5 nitrogen and oxygen atoms in total. The minimum absolute atomic E-state index is 0.0489. The van der Waals surface area contributed by atoms with Crippen LogP contribution in [-0.2, 0) is 9.59 Å². The van der Waals surface area contributed by atoms with Gasteiger partial charge < -0.3 is 15.1 Å². The molecule has 0 aromatic heterocycles. The van der Waals surface area contributed by atoms with Crippen molar-refractivity contribution in [3.8, 4) is 0 Å². The molecule has 0 unspecified atom stereocenters. The molecule has 2 saturated carbocycles. The van der Waals surface area contributed by atoms with E-state index >= 15 is 0 Å². The number of aliphatic hydroxyl groups excluding tert-OH is 1. The number of carbonyl (C=O) groups excluding carboxylic acids is 1. The topological polar surface area (TPSA) is 77.8 Å². The molecule has 0 saturated heterocycles. The maximum absolute atomic E-state index is 11.8. The van der Waals surface area contributed by atoms with E-state index in [0.717, 1.165) is 12.8 Å². The molecule has 0 heterocycles. The van der Waals surface area contributed by atoms with Gasteiger partial charge in [-0.25, -0.2) is 0 Å². The molecule has 0 aliphatic heterocycles. The van der Waals surface area contributed by atoms with Crippen LogP contribution in [0, 0.1) is 11.8 Å². The molecule has 2 rings (SSSR count). The summed E-state index contributed by atoms with van der Waals surface area (Å²) >= 11 is 0. The van der Waals surface area contributed by atoms with Crippen molar-refractivity contribution in [1.29, 1.82) is 0 Å². The van der Waals surface area contributed by atoms with Crippen molar-refractivity contribution in [3.05, 3.63) is 0 Å². The van der Waals surface area contributed by atoms with E-state index in [4.69, 9.17) is 10.2 Å². The van der Waals surface area contributed by atoms with Gasteiger partial charge in [-0.15, -0.1) is 0 Å². The lowest BCUT2D eigenvalue weighted by atomic mass is 10.2. The fraction of sp³-hybridized carbons (Fsp3) is 0.800. The summed E-state index contributed by atoms with van der Waals surface area (Å²) in [5.41, 5.74) is 0. The van der Waals surface area contributed by atoms with Crippen molar-refractivity contribution in [2.24, 2.45) is 11.8 Å². The van der Waals surface area contributed by atoms with Crippen molar-refractivity contribution in [1.82, 2.24) is 4.90 Å². The average Bonchev–Trinajstić information content (AvgIpc) is 3.03. The highest BCUT2D eigenvalue weighted by molar-refractivity contribution is 5.89. The molecule has 2 aliphatic rings. The van der Waals surface area contributed by atoms with Crippen molar-refractivity contribution >= 4 is 11.9 Å². The minimum atomic E-state index is -0.881. The van der Waals surface area contributed by atoms with Gasteiger partial charge in [0.05, 0.1) is 18.4 Å². The fourth-order valence-electron chi connectivity index (χ4n) is 1.92. The van der Waals surface area contributed by atoms with Crippen LogP contribution in [-0.4, -0.2) is 46.2 Å². The predicted molar refractivity (Wildman–Crippen MR) is 51.1 cm³/mol. The monoisotopic (exact) mass is 213 g/mol. The van der Waals surface area contributed by atoms with Gasteiger partial charge in [-0.1, -0.05) is 0 Å². The molecule has 2 N–H and O–H groups in total. The average molecular weight is 213 g/mol. The Kier molecular flexibility index (Phi) is 2.65. The number of carboxylic acids is 1. The molecular weight excluding hydrogens is 198 g/mol. The van der Waals surface area contributed by atoms with E-state index in [1.807, 2.05) is 0 Å². The van der Waals surface area contributed by atoms with Crippen LogP contribution in [0.3, 0.4) is 0 Å². The predicted octanol–water partition coefficient (Wildman–Crippen LogP) is -0.310. The van der Waals surface area contributed by atoms with E-state index in [1.54, 1.807) is 4.90 Å². The smallest absolute Gasteiger partial charge is 0.307 e. The molecule has 5 heteroatoms. The van der Waals surface area contributed by atoms with Gasteiger partial charge in [-0.05, 0) is 19.3 Å². The summed E-state index contributed by atoms with van der Waals surface area (Å²) < 4.78 is 0. The third-order valence-electron chi connectivity index (χ3n) is 3.04. The number of aliphatic hydroxyl groups is 1. The molecule has 2 atom stereocenters. The molecule has 1 amide bonds. The minimum Gasteiger partial charge on any atom is -0.481 e. The van der Waals surface area contributed by atoms with Crippen molar-refractivity contribution < 1.29 is 19.8 Å². The third kappa shape index (κ3) is 2.12. The highest BCUT2D eigenvalue weighted by Gasteiger charge is 2.51. The van der Waals surface area contributed by atoms with Gasteiger partial charge in [-0.2, -0.15) is 0 Å². The Balaban J connectivity index is 1.91. The molecule has 0 aromatic carbocycles. The second-order valence-electron chi connectivity index (χ2n) is 4.27. The van der Waals surface area contributed by atoms with Gasteiger partial charge in [0, 0.05) is 12.6 Å². The summed E-state index contributed by atoms with van der Waals surface area (Å²) in [6, 6.07) is 0.250. The lowest BCUT2D eigenvalue weighted by Gasteiger charge is -2.21. The molecule has 0 bridgehead atoms. The summed E-state index contributed by atoms with van der Waals surface area (Å²) in [4.78, 5) is 24.1. The number of aliphatic carboxylic acids is 1. The lowest BCUT2D eigenvalue weighted by molar-refractivity contribution is -0.142. The number of carbonyl (C=O) groups is 2.